The van der Waals surface area contributed by atoms with Crippen molar-refractivity contribution in [3.8, 4) is 17.2 Å². The lowest BCUT2D eigenvalue weighted by molar-refractivity contribution is -0.129. The summed E-state index contributed by atoms with van der Waals surface area (Å²) in [5, 5.41) is 8.31. The van der Waals surface area contributed by atoms with Crippen molar-refractivity contribution in [2.75, 3.05) is 39.0 Å². The molecule has 3 aromatic rings. The second-order valence-corrected chi connectivity index (χ2v) is 9.85. The average molecular weight is 475 g/mol. The van der Waals surface area contributed by atoms with Crippen LogP contribution in [0.4, 0.5) is 0 Å². The van der Waals surface area contributed by atoms with Crippen molar-refractivity contribution in [2.24, 2.45) is 0 Å². The molecule has 1 aliphatic rings. The molecular formula is C21H22N4O5S2. The Bertz CT molecular complexity index is 1160. The maximum atomic E-state index is 12.7. The van der Waals surface area contributed by atoms with Crippen LogP contribution in [0.15, 0.2) is 69.1 Å². The standard InChI is InChI=1S/C21H22N4O5S2/c1-29-17-9-7-16(8-10-17)20-22-23-21(30-20)31-15-19(26)24-11-13-25(14-12-24)32(27,28)18-5-3-2-4-6-18/h2-10H,11-15H2,1H3. The quantitative estimate of drug-likeness (QED) is 0.481. The summed E-state index contributed by atoms with van der Waals surface area (Å²) in [6.45, 7) is 1.20. The van der Waals surface area contributed by atoms with Crippen LogP contribution in [0.25, 0.3) is 11.5 Å². The van der Waals surface area contributed by atoms with Crippen LogP contribution in [0.1, 0.15) is 0 Å². The van der Waals surface area contributed by atoms with E-state index in [1.807, 2.05) is 12.1 Å². The number of rotatable bonds is 7. The zero-order chi connectivity index (χ0) is 22.6. The molecule has 1 fully saturated rings. The van der Waals surface area contributed by atoms with Gasteiger partial charge in [0.05, 0.1) is 17.8 Å². The molecular weight excluding hydrogens is 452 g/mol. The summed E-state index contributed by atoms with van der Waals surface area (Å²) in [5.41, 5.74) is 0.757. The fraction of sp³-hybridized carbons (Fsp3) is 0.286. The molecule has 2 aromatic carbocycles. The number of hydrogen-bond acceptors (Lipinski definition) is 8. The Morgan fingerprint density at radius 1 is 1.03 bits per heavy atom. The van der Waals surface area contributed by atoms with Gasteiger partial charge in [-0.05, 0) is 36.4 Å². The molecule has 0 spiro atoms. The van der Waals surface area contributed by atoms with Crippen molar-refractivity contribution in [3.63, 3.8) is 0 Å². The Morgan fingerprint density at radius 2 is 1.72 bits per heavy atom. The second-order valence-electron chi connectivity index (χ2n) is 6.99. The van der Waals surface area contributed by atoms with E-state index in [0.29, 0.717) is 24.2 Å². The first kappa shape index (κ1) is 22.3. The van der Waals surface area contributed by atoms with Gasteiger partial charge in [0, 0.05) is 31.7 Å². The number of carbonyl (C=O) groups is 1. The molecule has 168 valence electrons. The van der Waals surface area contributed by atoms with E-state index < -0.39 is 10.0 Å². The highest BCUT2D eigenvalue weighted by Gasteiger charge is 2.30. The van der Waals surface area contributed by atoms with Crippen LogP contribution in [0.5, 0.6) is 5.75 Å². The van der Waals surface area contributed by atoms with E-state index in [9.17, 15) is 13.2 Å². The molecule has 0 bridgehead atoms. The second kappa shape index (κ2) is 9.72. The first-order valence-electron chi connectivity index (χ1n) is 9.91. The summed E-state index contributed by atoms with van der Waals surface area (Å²) < 4.78 is 37.6. The predicted molar refractivity (Wildman–Crippen MR) is 119 cm³/mol. The van der Waals surface area contributed by atoms with Gasteiger partial charge in [-0.1, -0.05) is 30.0 Å². The van der Waals surface area contributed by atoms with Gasteiger partial charge in [0.2, 0.25) is 21.8 Å². The topological polar surface area (TPSA) is 106 Å². The summed E-state index contributed by atoms with van der Waals surface area (Å²) in [5.74, 6) is 1.12. The third-order valence-electron chi connectivity index (χ3n) is 5.03. The number of ether oxygens (including phenoxy) is 1. The summed E-state index contributed by atoms with van der Waals surface area (Å²) in [6, 6.07) is 15.5. The molecule has 11 heteroatoms. The number of aromatic nitrogens is 2. The van der Waals surface area contributed by atoms with Gasteiger partial charge in [-0.25, -0.2) is 8.42 Å². The fourth-order valence-electron chi connectivity index (χ4n) is 3.25. The van der Waals surface area contributed by atoms with Gasteiger partial charge in [0.15, 0.2) is 0 Å². The SMILES string of the molecule is COc1ccc(-c2nnc(SCC(=O)N3CCN(S(=O)(=O)c4ccccc4)CC3)o2)cc1. The minimum atomic E-state index is -3.55. The molecule has 0 saturated carbocycles. The van der Waals surface area contributed by atoms with Gasteiger partial charge in [0.25, 0.3) is 5.22 Å². The highest BCUT2D eigenvalue weighted by Crippen LogP contribution is 2.25. The van der Waals surface area contributed by atoms with E-state index >= 15 is 0 Å². The van der Waals surface area contributed by atoms with E-state index in [1.54, 1.807) is 54.5 Å². The Balaban J connectivity index is 1.29. The van der Waals surface area contributed by atoms with Gasteiger partial charge in [-0.3, -0.25) is 4.79 Å². The molecule has 0 N–H and O–H groups in total. The summed E-state index contributed by atoms with van der Waals surface area (Å²) in [6.07, 6.45) is 0. The monoisotopic (exact) mass is 474 g/mol. The lowest BCUT2D eigenvalue weighted by Crippen LogP contribution is -2.50. The first-order chi connectivity index (χ1) is 15.5. The number of amides is 1. The van der Waals surface area contributed by atoms with Gasteiger partial charge in [-0.15, -0.1) is 10.2 Å². The minimum absolute atomic E-state index is 0.101. The van der Waals surface area contributed by atoms with Crippen LogP contribution in [0.3, 0.4) is 0 Å². The van der Waals surface area contributed by atoms with Crippen molar-refractivity contribution in [1.29, 1.82) is 0 Å². The van der Waals surface area contributed by atoms with E-state index in [-0.39, 0.29) is 29.6 Å². The molecule has 0 atom stereocenters. The van der Waals surface area contributed by atoms with Crippen LogP contribution < -0.4 is 4.74 Å². The summed E-state index contributed by atoms with van der Waals surface area (Å²) in [7, 11) is -1.95. The van der Waals surface area contributed by atoms with Gasteiger partial charge in [0.1, 0.15) is 5.75 Å². The maximum Gasteiger partial charge on any atom is 0.277 e. The molecule has 1 amide bonds. The molecule has 9 nitrogen and oxygen atoms in total. The first-order valence-corrected chi connectivity index (χ1v) is 12.3. The van der Waals surface area contributed by atoms with Crippen LogP contribution in [0.2, 0.25) is 0 Å². The molecule has 4 rings (SSSR count). The average Bonchev–Trinajstić information content (AvgIpc) is 3.32. The van der Waals surface area contributed by atoms with Crippen LogP contribution >= 0.6 is 11.8 Å². The molecule has 32 heavy (non-hydrogen) atoms. The zero-order valence-corrected chi connectivity index (χ0v) is 19.0. The van der Waals surface area contributed by atoms with Crippen molar-refractivity contribution in [2.45, 2.75) is 10.1 Å². The lowest BCUT2D eigenvalue weighted by atomic mass is 10.2. The fourth-order valence-corrected chi connectivity index (χ4v) is 5.36. The molecule has 1 aliphatic heterocycles. The number of sulfonamides is 1. The Labute approximate surface area is 190 Å². The van der Waals surface area contributed by atoms with E-state index in [1.165, 1.54) is 4.31 Å². The molecule has 1 aromatic heterocycles. The highest BCUT2D eigenvalue weighted by atomic mass is 32.2. The number of nitrogens with zero attached hydrogens (tertiary/aromatic N) is 4. The Kier molecular flexibility index (Phi) is 6.77. The molecule has 0 radical (unpaired) electrons. The number of piperazine rings is 1. The van der Waals surface area contributed by atoms with Crippen molar-refractivity contribution >= 4 is 27.7 Å². The van der Waals surface area contributed by atoms with Crippen LogP contribution in [-0.4, -0.2) is 72.8 Å². The number of thioether (sulfide) groups is 1. The van der Waals surface area contributed by atoms with Crippen molar-refractivity contribution in [1.82, 2.24) is 19.4 Å². The molecule has 2 heterocycles. The third kappa shape index (κ3) is 4.95. The Morgan fingerprint density at radius 3 is 2.38 bits per heavy atom. The number of benzene rings is 2. The van der Waals surface area contributed by atoms with E-state index in [0.717, 1.165) is 23.1 Å². The lowest BCUT2D eigenvalue weighted by Gasteiger charge is -2.33. The third-order valence-corrected chi connectivity index (χ3v) is 7.75. The van der Waals surface area contributed by atoms with Gasteiger partial charge in [-0.2, -0.15) is 4.31 Å². The minimum Gasteiger partial charge on any atom is -0.497 e. The van der Waals surface area contributed by atoms with Crippen molar-refractivity contribution < 1.29 is 22.4 Å². The van der Waals surface area contributed by atoms with E-state index in [4.69, 9.17) is 9.15 Å². The number of hydrogen-bond donors (Lipinski definition) is 0. The Hall–Kier alpha value is -2.89. The van der Waals surface area contributed by atoms with Gasteiger partial charge < -0.3 is 14.1 Å². The zero-order valence-electron chi connectivity index (χ0n) is 17.4. The molecule has 1 saturated heterocycles. The number of methoxy groups -OCH3 is 1. The van der Waals surface area contributed by atoms with Gasteiger partial charge >= 0.3 is 0 Å². The predicted octanol–water partition coefficient (Wildman–Crippen LogP) is 2.37. The summed E-state index contributed by atoms with van der Waals surface area (Å²) >= 11 is 1.16. The van der Waals surface area contributed by atoms with Crippen LogP contribution in [0, 0.1) is 0 Å². The largest absolute Gasteiger partial charge is 0.497 e. The maximum absolute atomic E-state index is 12.7. The smallest absolute Gasteiger partial charge is 0.277 e. The molecule has 0 aliphatic carbocycles. The normalized spacial score (nSPS) is 15.0. The summed E-state index contributed by atoms with van der Waals surface area (Å²) in [4.78, 5) is 14.5. The molecule has 0 unspecified atom stereocenters. The highest BCUT2D eigenvalue weighted by molar-refractivity contribution is 7.99. The van der Waals surface area contributed by atoms with E-state index in [2.05, 4.69) is 10.2 Å². The van der Waals surface area contributed by atoms with Crippen LogP contribution in [-0.2, 0) is 14.8 Å². The number of carbonyl (C=O) groups excluding carboxylic acids is 1. The van der Waals surface area contributed by atoms with Crippen molar-refractivity contribution in [3.05, 3.63) is 54.6 Å².